The van der Waals surface area contributed by atoms with Crippen LogP contribution in [-0.4, -0.2) is 25.6 Å². The molecule has 6 nitrogen and oxygen atoms in total. The smallest absolute Gasteiger partial charge is 0.274 e. The van der Waals surface area contributed by atoms with E-state index in [1.165, 1.54) is 10.6 Å². The van der Waals surface area contributed by atoms with Gasteiger partial charge < -0.3 is 5.32 Å². The summed E-state index contributed by atoms with van der Waals surface area (Å²) in [5.74, 6) is 1.03. The molecule has 6 heteroatoms. The first-order valence-corrected chi connectivity index (χ1v) is 7.32. The number of rotatable bonds is 4. The fraction of sp³-hybridized carbons (Fsp3) is 0.312. The number of aromatic nitrogens is 4. The van der Waals surface area contributed by atoms with Crippen LogP contribution in [0.1, 0.15) is 25.1 Å². The van der Waals surface area contributed by atoms with Crippen molar-refractivity contribution in [3.05, 3.63) is 51.9 Å². The van der Waals surface area contributed by atoms with Crippen molar-refractivity contribution in [1.29, 1.82) is 0 Å². The lowest BCUT2D eigenvalue weighted by Crippen LogP contribution is -2.24. The van der Waals surface area contributed by atoms with Crippen LogP contribution in [0.25, 0.3) is 17.2 Å². The quantitative estimate of drug-likeness (QED) is 0.771. The number of H-pyrrole nitrogens is 1. The number of aromatic amines is 1. The van der Waals surface area contributed by atoms with Crippen molar-refractivity contribution < 1.29 is 0 Å². The van der Waals surface area contributed by atoms with E-state index in [1.807, 2.05) is 31.2 Å². The van der Waals surface area contributed by atoms with Gasteiger partial charge in [-0.3, -0.25) is 9.89 Å². The van der Waals surface area contributed by atoms with E-state index in [2.05, 4.69) is 34.2 Å². The van der Waals surface area contributed by atoms with Gasteiger partial charge in [0.2, 0.25) is 0 Å². The predicted molar refractivity (Wildman–Crippen MR) is 85.8 cm³/mol. The Hall–Kier alpha value is -2.47. The summed E-state index contributed by atoms with van der Waals surface area (Å²) >= 11 is 0. The Morgan fingerprint density at radius 1 is 1.27 bits per heavy atom. The lowest BCUT2D eigenvalue weighted by molar-refractivity contribution is 0.580. The normalized spacial score (nSPS) is 11.5. The van der Waals surface area contributed by atoms with Gasteiger partial charge in [-0.05, 0) is 13.0 Å². The molecule has 0 saturated heterocycles. The zero-order valence-corrected chi connectivity index (χ0v) is 12.9. The summed E-state index contributed by atoms with van der Waals surface area (Å²) in [6, 6.07) is 9.82. The van der Waals surface area contributed by atoms with Gasteiger partial charge in [-0.25, -0.2) is 4.98 Å². The molecule has 0 aliphatic carbocycles. The van der Waals surface area contributed by atoms with Crippen molar-refractivity contribution in [2.75, 3.05) is 0 Å². The van der Waals surface area contributed by atoms with Crippen LogP contribution in [0.15, 0.2) is 35.1 Å². The van der Waals surface area contributed by atoms with Crippen LogP contribution in [0.3, 0.4) is 0 Å². The highest BCUT2D eigenvalue weighted by molar-refractivity contribution is 5.57. The molecule has 0 spiro atoms. The Kier molecular flexibility index (Phi) is 3.77. The molecule has 3 rings (SSSR count). The number of aryl methyl sites for hydroxylation is 1. The molecule has 0 amide bonds. The molecular weight excluding hydrogens is 278 g/mol. The Balaban J connectivity index is 2.02. The van der Waals surface area contributed by atoms with E-state index in [0.717, 1.165) is 11.1 Å². The second-order valence-corrected chi connectivity index (χ2v) is 5.70. The third-order valence-electron chi connectivity index (χ3n) is 3.37. The minimum absolute atomic E-state index is 0.156. The van der Waals surface area contributed by atoms with E-state index >= 15 is 0 Å². The SMILES string of the molecule is Cc1cccc(-c2nc3nc(CNC(C)C)cc(=O)n3[nH]2)c1. The van der Waals surface area contributed by atoms with E-state index in [4.69, 9.17) is 0 Å². The highest BCUT2D eigenvalue weighted by Gasteiger charge is 2.09. The molecule has 0 bridgehead atoms. The van der Waals surface area contributed by atoms with Crippen LogP contribution < -0.4 is 10.9 Å². The van der Waals surface area contributed by atoms with Crippen LogP contribution in [0.4, 0.5) is 0 Å². The summed E-state index contributed by atoms with van der Waals surface area (Å²) in [6.07, 6.45) is 0. The lowest BCUT2D eigenvalue weighted by atomic mass is 10.1. The topological polar surface area (TPSA) is 75.1 Å². The third-order valence-corrected chi connectivity index (χ3v) is 3.37. The molecule has 0 unspecified atom stereocenters. The molecule has 22 heavy (non-hydrogen) atoms. The molecule has 0 radical (unpaired) electrons. The Labute approximate surface area is 128 Å². The molecule has 114 valence electrons. The second-order valence-electron chi connectivity index (χ2n) is 5.70. The molecule has 2 N–H and O–H groups in total. The van der Waals surface area contributed by atoms with Gasteiger partial charge in [0.1, 0.15) is 0 Å². The van der Waals surface area contributed by atoms with Gasteiger partial charge >= 0.3 is 0 Å². The van der Waals surface area contributed by atoms with Crippen molar-refractivity contribution in [3.63, 3.8) is 0 Å². The summed E-state index contributed by atoms with van der Waals surface area (Å²) < 4.78 is 1.37. The van der Waals surface area contributed by atoms with Gasteiger partial charge in [-0.15, -0.1) is 0 Å². The molecular formula is C16H19N5O. The molecule has 1 aromatic carbocycles. The van der Waals surface area contributed by atoms with E-state index in [1.54, 1.807) is 0 Å². The van der Waals surface area contributed by atoms with Gasteiger partial charge in [0.05, 0.1) is 5.69 Å². The van der Waals surface area contributed by atoms with Crippen molar-refractivity contribution in [2.24, 2.45) is 0 Å². The zero-order valence-electron chi connectivity index (χ0n) is 12.9. The number of benzene rings is 1. The second kappa shape index (κ2) is 5.73. The van der Waals surface area contributed by atoms with E-state index in [9.17, 15) is 4.79 Å². The molecule has 0 atom stereocenters. The Morgan fingerprint density at radius 3 is 2.82 bits per heavy atom. The summed E-state index contributed by atoms with van der Waals surface area (Å²) in [5.41, 5.74) is 2.62. The fourth-order valence-electron chi connectivity index (χ4n) is 2.25. The largest absolute Gasteiger partial charge is 0.309 e. The van der Waals surface area contributed by atoms with Gasteiger partial charge in [0, 0.05) is 24.2 Å². The first-order valence-electron chi connectivity index (χ1n) is 7.32. The van der Waals surface area contributed by atoms with E-state index in [-0.39, 0.29) is 5.56 Å². The van der Waals surface area contributed by atoms with Crippen molar-refractivity contribution >= 4 is 5.78 Å². The van der Waals surface area contributed by atoms with Crippen LogP contribution in [0.5, 0.6) is 0 Å². The first kappa shape index (κ1) is 14.5. The maximum Gasteiger partial charge on any atom is 0.274 e. The number of fused-ring (bicyclic) bond motifs is 1. The zero-order chi connectivity index (χ0) is 15.7. The van der Waals surface area contributed by atoms with Crippen molar-refractivity contribution in [3.8, 4) is 11.4 Å². The molecule has 2 heterocycles. The number of hydrogen-bond acceptors (Lipinski definition) is 4. The number of nitrogens with zero attached hydrogens (tertiary/aromatic N) is 3. The highest BCUT2D eigenvalue weighted by atomic mass is 16.1. The summed E-state index contributed by atoms with van der Waals surface area (Å²) in [7, 11) is 0. The van der Waals surface area contributed by atoms with Crippen LogP contribution in [0, 0.1) is 6.92 Å². The summed E-state index contributed by atoms with van der Waals surface area (Å²) in [4.78, 5) is 21.1. The Bertz CT molecular complexity index is 862. The Morgan fingerprint density at radius 2 is 2.09 bits per heavy atom. The monoisotopic (exact) mass is 297 g/mol. The minimum atomic E-state index is -0.156. The first-order chi connectivity index (χ1) is 10.5. The predicted octanol–water partition coefficient (Wildman–Crippen LogP) is 1.89. The van der Waals surface area contributed by atoms with Crippen molar-refractivity contribution in [1.82, 2.24) is 24.9 Å². The van der Waals surface area contributed by atoms with Crippen LogP contribution in [0.2, 0.25) is 0 Å². The van der Waals surface area contributed by atoms with Crippen molar-refractivity contribution in [2.45, 2.75) is 33.4 Å². The molecule has 0 fully saturated rings. The molecule has 0 aliphatic heterocycles. The minimum Gasteiger partial charge on any atom is -0.309 e. The van der Waals surface area contributed by atoms with Gasteiger partial charge in [0.25, 0.3) is 11.3 Å². The molecule has 0 saturated carbocycles. The molecule has 0 aliphatic rings. The maximum absolute atomic E-state index is 12.2. The molecule has 2 aromatic heterocycles. The average Bonchev–Trinajstić information content (AvgIpc) is 2.90. The van der Waals surface area contributed by atoms with Gasteiger partial charge in [0.15, 0.2) is 5.82 Å². The van der Waals surface area contributed by atoms with E-state index < -0.39 is 0 Å². The van der Waals surface area contributed by atoms with Crippen LogP contribution in [-0.2, 0) is 6.54 Å². The van der Waals surface area contributed by atoms with E-state index in [0.29, 0.717) is 29.9 Å². The number of nitrogens with one attached hydrogen (secondary N) is 2. The standard InChI is InChI=1S/C16H19N5O/c1-10(2)17-9-13-8-14(22)21-16(18-13)19-15(20-21)12-6-4-5-11(3)7-12/h4-8,10,17H,9H2,1-3H3,(H,18,19,20). The van der Waals surface area contributed by atoms with Gasteiger partial charge in [-0.2, -0.15) is 9.50 Å². The van der Waals surface area contributed by atoms with Crippen LogP contribution >= 0.6 is 0 Å². The molecule has 3 aromatic rings. The lowest BCUT2D eigenvalue weighted by Gasteiger charge is -2.06. The maximum atomic E-state index is 12.2. The summed E-state index contributed by atoms with van der Waals surface area (Å²) in [6.45, 7) is 6.67. The average molecular weight is 297 g/mol. The van der Waals surface area contributed by atoms with Gasteiger partial charge in [-0.1, -0.05) is 37.6 Å². The third kappa shape index (κ3) is 2.92. The summed E-state index contributed by atoms with van der Waals surface area (Å²) in [5, 5.41) is 6.26. The number of hydrogen-bond donors (Lipinski definition) is 2. The fourth-order valence-corrected chi connectivity index (χ4v) is 2.25. The highest BCUT2D eigenvalue weighted by Crippen LogP contribution is 2.16.